The van der Waals surface area contributed by atoms with Gasteiger partial charge in [-0.05, 0) is 97.7 Å². The summed E-state index contributed by atoms with van der Waals surface area (Å²) in [5.74, 6) is -28.6. The number of fused-ring (bicyclic) bond motifs is 2. The largest absolute Gasteiger partial charge is 0.481 e. The molecule has 3 fully saturated rings. The molecule has 3 aliphatic rings. The molecule has 4 aromatic heterocycles. The van der Waals surface area contributed by atoms with Gasteiger partial charge in [-0.2, -0.15) is 0 Å². The Balaban J connectivity index is 1.03. The van der Waals surface area contributed by atoms with Gasteiger partial charge in [-0.15, -0.1) is 0 Å². The van der Waals surface area contributed by atoms with Gasteiger partial charge in [0.15, 0.2) is 0 Å². The number of aromatic amines is 3. The minimum atomic E-state index is -2.24. The van der Waals surface area contributed by atoms with Crippen LogP contribution in [0.2, 0.25) is 0 Å². The number of hydrogen-bond acceptors (Lipinski definition) is 30. The Morgan fingerprint density at radius 3 is 1.58 bits per heavy atom. The number of nitrogens with one attached hydrogen (secondary N) is 16. The summed E-state index contributed by atoms with van der Waals surface area (Å²) < 4.78 is 29.1. The van der Waals surface area contributed by atoms with E-state index in [-0.39, 0.29) is 135 Å². The van der Waals surface area contributed by atoms with Gasteiger partial charge in [0.1, 0.15) is 95.8 Å². The Bertz CT molecular complexity index is 5750. The average molecular weight is 2130 g/mol. The van der Waals surface area contributed by atoms with Crippen LogP contribution >= 0.6 is 21.6 Å². The fraction of sp³-hybridized carbons (Fsp3) is 0.516. The van der Waals surface area contributed by atoms with Crippen molar-refractivity contribution in [1.29, 1.82) is 0 Å². The maximum atomic E-state index is 15.8. The first-order chi connectivity index (χ1) is 70.8. The molecule has 0 saturated carbocycles. The second-order valence-electron chi connectivity index (χ2n) is 36.2. The lowest BCUT2D eigenvalue weighted by atomic mass is 9.92. The van der Waals surface area contributed by atoms with E-state index in [2.05, 4.69) is 94.0 Å². The fourth-order valence-electron chi connectivity index (χ4n) is 16.9. The van der Waals surface area contributed by atoms with Crippen LogP contribution in [0.15, 0.2) is 85.7 Å². The fourth-order valence-corrected chi connectivity index (χ4v) is 19.3. The Labute approximate surface area is 859 Å². The third-order valence-electron chi connectivity index (χ3n) is 25.0. The van der Waals surface area contributed by atoms with Gasteiger partial charge in [0.2, 0.25) is 100 Å². The third-order valence-corrected chi connectivity index (χ3v) is 27.4. The smallest absolute Gasteiger partial charge is 0.317 e. The first-order valence-corrected chi connectivity index (χ1v) is 50.4. The topological polar surface area (TPSA) is 783 Å². The number of aliphatic hydroxyl groups excluding tert-OH is 1. The molecule has 1 unspecified atom stereocenters. The van der Waals surface area contributed by atoms with Crippen LogP contribution in [0.1, 0.15) is 108 Å². The molecule has 7 heterocycles. The molecule has 3 saturated heterocycles. The van der Waals surface area contributed by atoms with Gasteiger partial charge in [0, 0.05) is 156 Å². The maximum absolute atomic E-state index is 15.8. The molecule has 2 aromatic carbocycles. The molecule has 0 aliphatic carbocycles. The van der Waals surface area contributed by atoms with Crippen LogP contribution in [-0.4, -0.2) is 387 Å². The number of carboxylic acid groups (broad SMARTS) is 4. The number of nitrogens with zero attached hydrogens (tertiary/aromatic N) is 7. The summed E-state index contributed by atoms with van der Waals surface area (Å²) in [6.45, 7) is 5.05. The van der Waals surface area contributed by atoms with Crippen LogP contribution in [0.3, 0.4) is 0 Å². The first-order valence-electron chi connectivity index (χ1n) is 47.9. The Morgan fingerprint density at radius 1 is 0.523 bits per heavy atom. The van der Waals surface area contributed by atoms with E-state index in [9.17, 15) is 101 Å². The number of hydrogen-bond donors (Lipinski definition) is 24. The number of pyridine rings is 1. The summed E-state index contributed by atoms with van der Waals surface area (Å²) in [6.07, 6.45) is -0.0933. The zero-order valence-corrected chi connectivity index (χ0v) is 83.6. The number of H-pyrrole nitrogens is 3. The van der Waals surface area contributed by atoms with Gasteiger partial charge >= 0.3 is 23.9 Å². The van der Waals surface area contributed by atoms with E-state index >= 15 is 33.6 Å². The summed E-state index contributed by atoms with van der Waals surface area (Å²) in [5, 5.41) is 83.7. The average Bonchev–Trinajstić information content (AvgIpc) is 1.74. The molecule has 810 valence electrons. The number of carbonyl (C=O) groups is 21. The highest BCUT2D eigenvalue weighted by Crippen LogP contribution is 2.28. The van der Waals surface area contributed by atoms with Crippen LogP contribution in [0.25, 0.3) is 21.9 Å². The van der Waals surface area contributed by atoms with Crippen LogP contribution in [-0.2, 0) is 126 Å². The number of likely N-dealkylation sites (tertiary alicyclic amines) is 1. The molecule has 52 nitrogen and oxygen atoms in total. The number of aromatic nitrogens is 5. The van der Waals surface area contributed by atoms with Crippen molar-refractivity contribution in [1.82, 2.24) is 119 Å². The van der Waals surface area contributed by atoms with E-state index in [4.69, 9.17) is 17.2 Å². The van der Waals surface area contributed by atoms with Gasteiger partial charge in [-0.25, -0.2) is 18.7 Å². The summed E-state index contributed by atoms with van der Waals surface area (Å²) in [6, 6.07) is -12.9. The minimum absolute atomic E-state index is 0.0273. The molecule has 3 aliphatic heterocycles. The highest BCUT2D eigenvalue weighted by Gasteiger charge is 2.45. The molecule has 149 heavy (non-hydrogen) atoms. The number of carboxylic acids is 4. The molecule has 9 rings (SSSR count). The number of amides is 17. The van der Waals surface area contributed by atoms with Crippen LogP contribution in [0, 0.1) is 17.6 Å². The SMILES string of the molecule is CCC(CC)[C@H](NC(=O)[C@@H](NC(=O)[C@H](Cc1c[nH]c2ccc(F)cc12)NC(C)=O)[C@@H](C)O)C(=O)N[C@H]1CSSC[C@@H](C(=O)N[C@@H](Cc2c[nH]c3ncccc23)C(=O)N2CC[C@H]2C(=O)NC(CCCCNC(=O)CN2CCN(CC(=O)O)CCN(CC(=O)O)CCN(CC(=O)O)CC2)C(N)=O)NC(=O)[C@H](CC(=O)O)NC(=O)[C@H](Cc2cnc[nH]2)NC(=O)[C@H](Cc2ccc(F)cc2)NC(=O)[C@H](CC(N)=O)NC(=O)[C@H](CC(N)=O)NC1=O. The molecule has 0 spiro atoms. The van der Waals surface area contributed by atoms with Gasteiger partial charge in [-0.1, -0.05) is 60.4 Å². The highest BCUT2D eigenvalue weighted by atomic mass is 33.1. The number of primary amides is 3. The van der Waals surface area contributed by atoms with Crippen molar-refractivity contribution in [3.05, 3.63) is 120 Å². The molecular formula is C93H126F2N26O26S2. The number of aliphatic hydroxyl groups is 1. The number of unbranched alkanes of at least 4 members (excludes halogenated alkanes) is 1. The van der Waals surface area contributed by atoms with Crippen molar-refractivity contribution < 1.29 is 135 Å². The van der Waals surface area contributed by atoms with Crippen LogP contribution in [0.4, 0.5) is 8.78 Å². The summed E-state index contributed by atoms with van der Waals surface area (Å²) in [5.41, 5.74) is 18.9. The van der Waals surface area contributed by atoms with Crippen molar-refractivity contribution in [2.75, 3.05) is 103 Å². The number of aliphatic carboxylic acids is 4. The van der Waals surface area contributed by atoms with Crippen molar-refractivity contribution >= 4 is 168 Å². The Hall–Kier alpha value is -14.9. The normalized spacial score (nSPS) is 20.5. The number of rotatable bonds is 44. The minimum Gasteiger partial charge on any atom is -0.481 e. The first kappa shape index (κ1) is 118. The van der Waals surface area contributed by atoms with Gasteiger partial charge in [-0.3, -0.25) is 120 Å². The van der Waals surface area contributed by atoms with E-state index < -0.39 is 290 Å². The lowest BCUT2D eigenvalue weighted by Gasteiger charge is -2.42. The molecule has 56 heteroatoms. The van der Waals surface area contributed by atoms with E-state index in [1.807, 2.05) is 0 Å². The Morgan fingerprint density at radius 2 is 1.04 bits per heavy atom. The molecule has 14 atom stereocenters. The Kier molecular flexibility index (Phi) is 45.4. The zero-order chi connectivity index (χ0) is 109. The molecule has 0 radical (unpaired) electrons. The predicted octanol–water partition coefficient (Wildman–Crippen LogP) is -6.56. The number of carbonyl (C=O) groups excluding carboxylic acids is 17. The summed E-state index contributed by atoms with van der Waals surface area (Å²) >= 11 is 0. The number of benzene rings is 2. The predicted molar refractivity (Wildman–Crippen MR) is 528 cm³/mol. The molecule has 6 aromatic rings. The monoisotopic (exact) mass is 2120 g/mol. The van der Waals surface area contributed by atoms with Crippen molar-refractivity contribution in [2.24, 2.45) is 23.1 Å². The van der Waals surface area contributed by atoms with Crippen molar-refractivity contribution in [3.63, 3.8) is 0 Å². The van der Waals surface area contributed by atoms with Crippen molar-refractivity contribution in [2.45, 2.75) is 196 Å². The van der Waals surface area contributed by atoms with Crippen LogP contribution < -0.4 is 86.3 Å². The lowest BCUT2D eigenvalue weighted by molar-refractivity contribution is -0.150. The van der Waals surface area contributed by atoms with Crippen LogP contribution in [0.5, 0.6) is 0 Å². The lowest BCUT2D eigenvalue weighted by Crippen LogP contribution is -2.65. The van der Waals surface area contributed by atoms with E-state index in [1.165, 1.54) is 61.4 Å². The highest BCUT2D eigenvalue weighted by molar-refractivity contribution is 8.76. The second kappa shape index (κ2) is 57.4. The summed E-state index contributed by atoms with van der Waals surface area (Å²) in [4.78, 5) is 319. The zero-order valence-electron chi connectivity index (χ0n) is 82.0. The van der Waals surface area contributed by atoms with Gasteiger partial charge in [0.25, 0.3) is 0 Å². The van der Waals surface area contributed by atoms with Crippen molar-refractivity contribution in [3.8, 4) is 0 Å². The number of halogens is 2. The second-order valence-corrected chi connectivity index (χ2v) is 38.8. The summed E-state index contributed by atoms with van der Waals surface area (Å²) in [7, 11) is 1.23. The molecular weight excluding hydrogens is 2000 g/mol. The number of imidazole rings is 1. The standard InChI is InChI=1S/C93H126F2N26O26S2/c1-5-51(6-2)79(116-91(145)78(48(3)122)115-87(141)62(105-49(4)123)31-53-38-102-59-17-16-55(95)33-58(53)59)92(146)114-69-46-149-148-45-68(113-86(140)66(37-74(127)128)111-83(137)63(34-56-40-99-47-104-56)108-82(136)61(30-50-12-14-54(94)15-13-50)107-84(138)64(35-71(96)124)109-85(139)65(36-72(97)125)110-88(69)142)89(143)112-67(32-52-39-103-81-57(52)10-9-20-101-81)93(147)121-21-18-70(121)90(144)106-60(80(98)135)11-7-8-19-100-73(126)41-117-22-24-118(42-75(129)130)26-28-120(44-77(133)134)29-27-119(25-23-117)43-76(131)132/h9-10,12-17,20,33,38-40,47-48,51,60-70,78-79,102,122H,5-8,11,18-19,21-32,34-37,41-46H2,1-4H3,(H2,96,124)(H2,97,125)(H2,98,135)(H,99,104)(H,100,126)(H,101,103)(H,105,123)(H,106,144)(H,107,138)(H,108,136)(H,109,139)(H,110,142)(H,111,137)(H,112,143)(H,113,140)(H,114,146)(H,115,141)(H,116,145)(H,127,128)(H,129,130)(H,131,132)(H,133,134)/t48-,60?,61+,62+,63+,64+,65+,66+,67+,68+,69+,70+,78+,79+/m1/s1. The molecule has 0 bridgehead atoms. The van der Waals surface area contributed by atoms with Gasteiger partial charge in [0.05, 0.1) is 57.9 Å². The van der Waals surface area contributed by atoms with Gasteiger partial charge < -0.3 is 132 Å². The maximum Gasteiger partial charge on any atom is 0.317 e. The number of nitrogens with two attached hydrogens (primary N) is 3. The van der Waals surface area contributed by atoms with E-state index in [0.717, 1.165) is 30.9 Å². The third kappa shape index (κ3) is 37.2. The quantitative estimate of drug-likeness (QED) is 0.0125. The van der Waals surface area contributed by atoms with E-state index in [0.29, 0.717) is 54.7 Å². The van der Waals surface area contributed by atoms with E-state index in [1.54, 1.807) is 45.6 Å². The molecule has 17 amide bonds. The molecule has 27 N–H and O–H groups in total.